The van der Waals surface area contributed by atoms with Gasteiger partial charge in [-0.2, -0.15) is 0 Å². The summed E-state index contributed by atoms with van der Waals surface area (Å²) in [5, 5.41) is 10.1. The van der Waals surface area contributed by atoms with Crippen LogP contribution in [0.25, 0.3) is 0 Å². The van der Waals surface area contributed by atoms with Crippen molar-refractivity contribution in [1.82, 2.24) is 0 Å². The molecule has 0 aromatic heterocycles. The number of hydrogen-bond acceptors (Lipinski definition) is 4. The van der Waals surface area contributed by atoms with Crippen molar-refractivity contribution in [3.8, 4) is 0 Å². The molecule has 0 atom stereocenters. The fraction of sp³-hybridized carbons (Fsp3) is 0. The van der Waals surface area contributed by atoms with Gasteiger partial charge in [0.05, 0.1) is 16.7 Å². The van der Waals surface area contributed by atoms with Gasteiger partial charge in [0.2, 0.25) is 0 Å². The van der Waals surface area contributed by atoms with E-state index in [9.17, 15) is 14.5 Å². The van der Waals surface area contributed by atoms with E-state index < -0.39 is 10.7 Å². The van der Waals surface area contributed by atoms with Gasteiger partial charge in [0, 0.05) is 6.07 Å². The molecule has 0 spiro atoms. The van der Waals surface area contributed by atoms with Crippen molar-refractivity contribution in [2.24, 2.45) is 5.84 Å². The summed E-state index contributed by atoms with van der Waals surface area (Å²) in [6, 6.07) is 3.17. The number of benzene rings is 1. The van der Waals surface area contributed by atoms with Crippen molar-refractivity contribution in [2.45, 2.75) is 0 Å². The van der Waals surface area contributed by atoms with Crippen molar-refractivity contribution in [2.75, 3.05) is 5.43 Å². The monoisotopic (exact) mass is 207 g/mol. The van der Waals surface area contributed by atoms with E-state index in [1.807, 2.05) is 0 Å². The molecule has 0 aliphatic rings. The van der Waals surface area contributed by atoms with Crippen LogP contribution < -0.4 is 11.3 Å². The molecule has 0 unspecified atom stereocenters. The van der Waals surface area contributed by atoms with Gasteiger partial charge < -0.3 is 5.43 Å². The van der Waals surface area contributed by atoms with Gasteiger partial charge >= 0.3 is 0 Å². The molecule has 0 aliphatic heterocycles. The summed E-state index contributed by atoms with van der Waals surface area (Å²) >= 11 is 0. The number of nitrogens with one attached hydrogen (secondary N) is 1. The third kappa shape index (κ3) is 2.53. The third-order valence-corrected chi connectivity index (χ3v) is 1.32. The molecule has 0 radical (unpaired) electrons. The Balaban J connectivity index is 0.00000144. The van der Waals surface area contributed by atoms with Crippen LogP contribution >= 0.6 is 12.4 Å². The summed E-state index contributed by atoms with van der Waals surface area (Å²) in [6.07, 6.45) is 0. The largest absolute Gasteiger partial charge is 0.321 e. The lowest BCUT2D eigenvalue weighted by atomic mass is 10.3. The van der Waals surface area contributed by atoms with Gasteiger partial charge in [-0.1, -0.05) is 0 Å². The highest BCUT2D eigenvalue weighted by Gasteiger charge is 2.08. The Bertz CT molecular complexity index is 321. The first-order valence-electron chi connectivity index (χ1n) is 3.05. The topological polar surface area (TPSA) is 81.2 Å². The van der Waals surface area contributed by atoms with Gasteiger partial charge in [-0.05, 0) is 6.07 Å². The fourth-order valence-electron chi connectivity index (χ4n) is 0.735. The minimum atomic E-state index is -0.744. The van der Waals surface area contributed by atoms with E-state index in [1.165, 1.54) is 6.07 Å². The number of non-ortho nitro benzene ring substituents is 1. The number of nitro groups is 1. The Kier molecular flexibility index (Phi) is 4.09. The van der Waals surface area contributed by atoms with Crippen LogP contribution in [-0.4, -0.2) is 4.92 Å². The second-order valence-electron chi connectivity index (χ2n) is 2.07. The zero-order chi connectivity index (χ0) is 9.14. The highest BCUT2D eigenvalue weighted by molar-refractivity contribution is 5.85. The van der Waals surface area contributed by atoms with E-state index >= 15 is 0 Å². The molecule has 7 heteroatoms. The number of nitrogens with two attached hydrogens (primary N) is 1. The highest BCUT2D eigenvalue weighted by atomic mass is 35.5. The predicted octanol–water partition coefficient (Wildman–Crippen LogP) is 1.44. The Morgan fingerprint density at radius 1 is 1.54 bits per heavy atom. The number of rotatable bonds is 2. The molecule has 5 nitrogen and oxygen atoms in total. The quantitative estimate of drug-likeness (QED) is 0.437. The van der Waals surface area contributed by atoms with E-state index in [-0.39, 0.29) is 23.8 Å². The minimum Gasteiger partial charge on any atom is -0.321 e. The zero-order valence-electron chi connectivity index (χ0n) is 6.36. The number of hydrogen-bond donors (Lipinski definition) is 2. The molecule has 0 bridgehead atoms. The van der Waals surface area contributed by atoms with Crippen molar-refractivity contribution in [1.29, 1.82) is 0 Å². The van der Waals surface area contributed by atoms with Crippen molar-refractivity contribution >= 4 is 23.8 Å². The van der Waals surface area contributed by atoms with Gasteiger partial charge in [0.25, 0.3) is 5.69 Å². The van der Waals surface area contributed by atoms with Gasteiger partial charge in [0.15, 0.2) is 5.82 Å². The molecule has 0 saturated heterocycles. The summed E-state index contributed by atoms with van der Waals surface area (Å²) in [7, 11) is 0. The smallest absolute Gasteiger partial charge is 0.272 e. The Hall–Kier alpha value is -1.40. The van der Waals surface area contributed by atoms with Gasteiger partial charge in [0.1, 0.15) is 0 Å². The molecule has 0 heterocycles. The average Bonchev–Trinajstić information content (AvgIpc) is 2.04. The normalized spacial score (nSPS) is 8.77. The predicted molar refractivity (Wildman–Crippen MR) is 48.1 cm³/mol. The van der Waals surface area contributed by atoms with E-state index in [1.54, 1.807) is 0 Å². The van der Waals surface area contributed by atoms with Crippen LogP contribution in [0.3, 0.4) is 0 Å². The second-order valence-corrected chi connectivity index (χ2v) is 2.07. The lowest BCUT2D eigenvalue weighted by molar-refractivity contribution is -0.385. The molecule has 0 aliphatic carbocycles. The average molecular weight is 208 g/mol. The SMILES string of the molecule is Cl.NNc1ccc([N+](=O)[O-])cc1F. The summed E-state index contributed by atoms with van der Waals surface area (Å²) in [4.78, 5) is 9.46. The van der Waals surface area contributed by atoms with Crippen LogP contribution in [0, 0.1) is 15.9 Å². The van der Waals surface area contributed by atoms with Crippen LogP contribution in [0.5, 0.6) is 0 Å². The zero-order valence-corrected chi connectivity index (χ0v) is 7.18. The van der Waals surface area contributed by atoms with Gasteiger partial charge in [-0.3, -0.25) is 16.0 Å². The number of nitro benzene ring substituents is 1. The molecule has 3 N–H and O–H groups in total. The molecule has 0 amide bonds. The minimum absolute atomic E-state index is 0. The van der Waals surface area contributed by atoms with E-state index in [0.717, 1.165) is 12.1 Å². The number of halogens is 2. The first-order chi connectivity index (χ1) is 5.65. The summed E-state index contributed by atoms with van der Waals surface area (Å²) in [5.41, 5.74) is 1.79. The van der Waals surface area contributed by atoms with Gasteiger partial charge in [-0.25, -0.2) is 4.39 Å². The Morgan fingerprint density at radius 2 is 2.15 bits per heavy atom. The van der Waals surface area contributed by atoms with Crippen LogP contribution in [0.15, 0.2) is 18.2 Å². The summed E-state index contributed by atoms with van der Waals surface area (Å²) in [5.74, 6) is 4.17. The highest BCUT2D eigenvalue weighted by Crippen LogP contribution is 2.19. The summed E-state index contributed by atoms with van der Waals surface area (Å²) in [6.45, 7) is 0. The van der Waals surface area contributed by atoms with Crippen LogP contribution in [-0.2, 0) is 0 Å². The molecule has 0 saturated carbocycles. The van der Waals surface area contributed by atoms with Crippen molar-refractivity contribution in [3.63, 3.8) is 0 Å². The lowest BCUT2D eigenvalue weighted by Crippen LogP contribution is -2.08. The summed E-state index contributed by atoms with van der Waals surface area (Å²) < 4.78 is 12.8. The third-order valence-electron chi connectivity index (χ3n) is 1.32. The Labute approximate surface area is 79.3 Å². The number of hydrazine groups is 1. The maximum Gasteiger partial charge on any atom is 0.272 e. The fourth-order valence-corrected chi connectivity index (χ4v) is 0.735. The lowest BCUT2D eigenvalue weighted by Gasteiger charge is -1.99. The molecule has 1 aromatic rings. The molecule has 1 rings (SSSR count). The first kappa shape index (κ1) is 11.6. The number of nitrogen functional groups attached to an aromatic ring is 1. The molecule has 1 aromatic carbocycles. The Morgan fingerprint density at radius 3 is 2.54 bits per heavy atom. The molecular formula is C6H7ClFN3O2. The van der Waals surface area contributed by atoms with Crippen LogP contribution in [0.4, 0.5) is 15.8 Å². The number of anilines is 1. The van der Waals surface area contributed by atoms with Crippen LogP contribution in [0.2, 0.25) is 0 Å². The van der Waals surface area contributed by atoms with E-state index in [2.05, 4.69) is 5.43 Å². The molecule has 0 fully saturated rings. The van der Waals surface area contributed by atoms with Gasteiger partial charge in [-0.15, -0.1) is 12.4 Å². The molecule has 13 heavy (non-hydrogen) atoms. The molecule has 72 valence electrons. The maximum absolute atomic E-state index is 12.8. The van der Waals surface area contributed by atoms with E-state index in [0.29, 0.717) is 0 Å². The molecular weight excluding hydrogens is 201 g/mol. The van der Waals surface area contributed by atoms with Crippen molar-refractivity contribution in [3.05, 3.63) is 34.1 Å². The standard InChI is InChI=1S/C6H6FN3O2.ClH/c7-5-3-4(10(11)12)1-2-6(5)9-8;/h1-3,9H,8H2;1H. The maximum atomic E-state index is 12.8. The first-order valence-corrected chi connectivity index (χ1v) is 3.05. The second kappa shape index (κ2) is 4.58. The van der Waals surface area contributed by atoms with Crippen LogP contribution in [0.1, 0.15) is 0 Å². The van der Waals surface area contributed by atoms with E-state index in [4.69, 9.17) is 5.84 Å². The van der Waals surface area contributed by atoms with Crippen molar-refractivity contribution < 1.29 is 9.31 Å². The number of nitrogens with zero attached hydrogens (tertiary/aromatic N) is 1.